The average molecular weight is 546 g/mol. The molecule has 4 nitrogen and oxygen atoms in total. The van der Waals surface area contributed by atoms with E-state index in [4.69, 9.17) is 9.47 Å². The van der Waals surface area contributed by atoms with Crippen LogP contribution < -0.4 is 17.1 Å². The summed E-state index contributed by atoms with van der Waals surface area (Å²) in [6, 6.07) is 17.4. The average Bonchev–Trinajstić information content (AvgIpc) is 3.04. The van der Waals surface area contributed by atoms with Crippen LogP contribution in [-0.4, -0.2) is 55.1 Å². The monoisotopic (exact) mass is 545 g/mol. The second-order valence-corrected chi connectivity index (χ2v) is 13.3. The molecule has 2 aromatic rings. The molecular weight excluding hydrogens is 494 g/mol. The molecule has 3 rings (SSSR count). The van der Waals surface area contributed by atoms with Gasteiger partial charge in [0.15, 0.2) is 0 Å². The summed E-state index contributed by atoms with van der Waals surface area (Å²) < 4.78 is 12.7. The van der Waals surface area contributed by atoms with Gasteiger partial charge >= 0.3 is 0 Å². The Labute approximate surface area is 238 Å². The molecular formula is C33H52ClNO3. The maximum atomic E-state index is 10.9. The van der Waals surface area contributed by atoms with E-state index < -0.39 is 6.10 Å². The van der Waals surface area contributed by atoms with Crippen molar-refractivity contribution in [3.8, 4) is 5.75 Å². The van der Waals surface area contributed by atoms with Gasteiger partial charge in [-0.3, -0.25) is 0 Å². The number of ether oxygens (including phenoxy) is 2. The Bertz CT molecular complexity index is 926. The van der Waals surface area contributed by atoms with Gasteiger partial charge in [-0.05, 0) is 67.6 Å². The summed E-state index contributed by atoms with van der Waals surface area (Å²) in [6.45, 7) is 19.0. The molecule has 1 fully saturated rings. The van der Waals surface area contributed by atoms with Gasteiger partial charge in [-0.15, -0.1) is 0 Å². The van der Waals surface area contributed by atoms with E-state index in [0.29, 0.717) is 19.8 Å². The van der Waals surface area contributed by atoms with Crippen LogP contribution in [0.3, 0.4) is 0 Å². The lowest BCUT2D eigenvalue weighted by Crippen LogP contribution is -3.00. The maximum Gasteiger partial charge on any atom is 0.126 e. The molecule has 0 bridgehead atoms. The quantitative estimate of drug-likeness (QED) is 0.323. The van der Waals surface area contributed by atoms with Gasteiger partial charge in [-0.1, -0.05) is 76.6 Å². The first-order chi connectivity index (χ1) is 17.5. The Morgan fingerprint density at radius 1 is 0.842 bits per heavy atom. The Balaban J connectivity index is 0.00000507. The first kappa shape index (κ1) is 32.6. The van der Waals surface area contributed by atoms with Crippen LogP contribution in [0, 0.1) is 12.3 Å². The van der Waals surface area contributed by atoms with E-state index in [2.05, 4.69) is 90.1 Å². The summed E-state index contributed by atoms with van der Waals surface area (Å²) >= 11 is 0. The minimum absolute atomic E-state index is 0. The van der Waals surface area contributed by atoms with Crippen molar-refractivity contribution in [2.45, 2.75) is 91.7 Å². The molecule has 0 aliphatic carbocycles. The molecule has 0 saturated carbocycles. The number of hydrogen-bond donors (Lipinski definition) is 1. The highest BCUT2D eigenvalue weighted by Gasteiger charge is 2.32. The van der Waals surface area contributed by atoms with Gasteiger partial charge in [-0.2, -0.15) is 0 Å². The van der Waals surface area contributed by atoms with Gasteiger partial charge in [0, 0.05) is 5.56 Å². The summed E-state index contributed by atoms with van der Waals surface area (Å²) in [6.07, 6.45) is 5.73. The maximum absolute atomic E-state index is 10.9. The van der Waals surface area contributed by atoms with Gasteiger partial charge in [0.25, 0.3) is 0 Å². The molecule has 0 aromatic heterocycles. The van der Waals surface area contributed by atoms with Crippen LogP contribution in [0.4, 0.5) is 0 Å². The van der Waals surface area contributed by atoms with Crippen LogP contribution in [0.25, 0.3) is 0 Å². The molecule has 1 N–H and O–H groups in total. The number of aliphatic hydroxyl groups is 1. The number of halogens is 1. The predicted octanol–water partition coefficient (Wildman–Crippen LogP) is 4.06. The molecule has 1 heterocycles. The number of rotatable bonds is 12. The van der Waals surface area contributed by atoms with Gasteiger partial charge < -0.3 is 31.5 Å². The Morgan fingerprint density at radius 2 is 1.45 bits per heavy atom. The number of likely N-dealkylation sites (tertiary alicyclic amines) is 1. The molecule has 0 radical (unpaired) electrons. The molecule has 0 amide bonds. The van der Waals surface area contributed by atoms with Crippen LogP contribution in [0.15, 0.2) is 48.5 Å². The molecule has 0 spiro atoms. The van der Waals surface area contributed by atoms with E-state index in [0.717, 1.165) is 42.8 Å². The minimum atomic E-state index is -0.465. The molecule has 214 valence electrons. The highest BCUT2D eigenvalue weighted by Crippen LogP contribution is 2.36. The van der Waals surface area contributed by atoms with E-state index in [9.17, 15) is 5.11 Å². The smallest absolute Gasteiger partial charge is 0.126 e. The Kier molecular flexibility index (Phi) is 12.6. The SMILES string of the molecule is Cc1ccc(C[N+]2(CC(O)COCCOc3ccc(C(C)(C)CC(C)(C)C)cc3)CCCCCC2)cc1.[Cl-]. The van der Waals surface area contributed by atoms with Crippen molar-refractivity contribution in [1.82, 2.24) is 0 Å². The second-order valence-electron chi connectivity index (χ2n) is 13.3. The lowest BCUT2D eigenvalue weighted by atomic mass is 9.72. The zero-order valence-electron chi connectivity index (χ0n) is 24.8. The van der Waals surface area contributed by atoms with Crippen molar-refractivity contribution in [3.63, 3.8) is 0 Å². The standard InChI is InChI=1S/C33H52NO3.ClH/c1-27-11-13-28(14-12-27)23-34(19-9-7-8-10-20-34)24-30(35)25-36-21-22-37-31-17-15-29(16-18-31)33(5,6)26-32(2,3)4;/h11-18,30,35H,7-10,19-26H2,1-6H3;1H/q+1;/p-1. The number of hydrogen-bond acceptors (Lipinski definition) is 3. The van der Waals surface area contributed by atoms with Crippen LogP contribution >= 0.6 is 0 Å². The fraction of sp³-hybridized carbons (Fsp3) is 0.636. The van der Waals surface area contributed by atoms with Crippen molar-refractivity contribution in [1.29, 1.82) is 0 Å². The second kappa shape index (κ2) is 14.7. The van der Waals surface area contributed by atoms with E-state index in [1.54, 1.807) is 0 Å². The molecule has 38 heavy (non-hydrogen) atoms. The Morgan fingerprint density at radius 3 is 2.03 bits per heavy atom. The molecule has 1 unspecified atom stereocenters. The number of nitrogens with zero attached hydrogens (tertiary/aromatic N) is 1. The number of quaternary nitrogens is 1. The van der Waals surface area contributed by atoms with E-state index in [1.807, 2.05) is 0 Å². The first-order valence-corrected chi connectivity index (χ1v) is 14.4. The minimum Gasteiger partial charge on any atom is -1.00 e. The Hall–Kier alpha value is -1.59. The number of benzene rings is 2. The van der Waals surface area contributed by atoms with Crippen LogP contribution in [0.5, 0.6) is 5.75 Å². The summed E-state index contributed by atoms with van der Waals surface area (Å²) in [5.41, 5.74) is 4.41. The van der Waals surface area contributed by atoms with Crippen LogP contribution in [0.2, 0.25) is 0 Å². The van der Waals surface area contributed by atoms with Gasteiger partial charge in [0.2, 0.25) is 0 Å². The fourth-order valence-electron chi connectivity index (χ4n) is 6.21. The summed E-state index contributed by atoms with van der Waals surface area (Å²) in [4.78, 5) is 0. The summed E-state index contributed by atoms with van der Waals surface area (Å²) in [5.74, 6) is 0.867. The number of aryl methyl sites for hydroxylation is 1. The summed E-state index contributed by atoms with van der Waals surface area (Å²) in [7, 11) is 0. The van der Waals surface area contributed by atoms with Gasteiger partial charge in [0.1, 0.15) is 31.5 Å². The van der Waals surface area contributed by atoms with Gasteiger partial charge in [-0.25, -0.2) is 0 Å². The third-order valence-electron chi connectivity index (χ3n) is 7.67. The van der Waals surface area contributed by atoms with Gasteiger partial charge in [0.05, 0.1) is 26.3 Å². The van der Waals surface area contributed by atoms with Crippen LogP contribution in [-0.2, 0) is 16.7 Å². The van der Waals surface area contributed by atoms with Crippen molar-refractivity contribution < 1.29 is 31.5 Å². The lowest BCUT2D eigenvalue weighted by Gasteiger charge is -2.39. The zero-order chi connectivity index (χ0) is 26.9. The van der Waals surface area contributed by atoms with E-state index in [-0.39, 0.29) is 23.2 Å². The molecule has 1 saturated heterocycles. The largest absolute Gasteiger partial charge is 1.00 e. The van der Waals surface area contributed by atoms with Crippen molar-refractivity contribution in [3.05, 3.63) is 65.2 Å². The zero-order valence-corrected chi connectivity index (χ0v) is 25.5. The summed E-state index contributed by atoms with van der Waals surface area (Å²) in [5, 5.41) is 10.9. The van der Waals surface area contributed by atoms with E-state index >= 15 is 0 Å². The molecule has 2 aromatic carbocycles. The first-order valence-electron chi connectivity index (χ1n) is 14.4. The van der Waals surface area contributed by atoms with Crippen LogP contribution in [0.1, 0.15) is 83.4 Å². The molecule has 1 atom stereocenters. The highest BCUT2D eigenvalue weighted by molar-refractivity contribution is 5.31. The van der Waals surface area contributed by atoms with Crippen molar-refractivity contribution in [2.24, 2.45) is 5.41 Å². The normalized spacial score (nSPS) is 16.8. The third kappa shape index (κ3) is 10.9. The molecule has 1 aliphatic heterocycles. The van der Waals surface area contributed by atoms with Crippen molar-refractivity contribution >= 4 is 0 Å². The molecule has 1 aliphatic rings. The fourth-order valence-corrected chi connectivity index (χ4v) is 6.21. The third-order valence-corrected chi connectivity index (χ3v) is 7.67. The highest BCUT2D eigenvalue weighted by atomic mass is 35.5. The lowest BCUT2D eigenvalue weighted by molar-refractivity contribution is -0.943. The predicted molar refractivity (Wildman–Crippen MR) is 154 cm³/mol. The molecule has 5 heteroatoms. The van der Waals surface area contributed by atoms with Crippen molar-refractivity contribution in [2.75, 3.05) is 39.5 Å². The number of aliphatic hydroxyl groups excluding tert-OH is 1. The van der Waals surface area contributed by atoms with E-state index in [1.165, 1.54) is 42.4 Å². The topological polar surface area (TPSA) is 38.7 Å².